The molecule has 0 bridgehead atoms. The molecular weight excluding hydrogens is 432 g/mol. The molecule has 2 rings (SSSR count). The number of nitrogens with zero attached hydrogens (tertiary/aromatic N) is 3. The van der Waals surface area contributed by atoms with Crippen LogP contribution >= 0.6 is 11.6 Å². The lowest BCUT2D eigenvalue weighted by atomic mass is 10.1. The minimum Gasteiger partial charge on any atom is -0.470 e. The second-order valence-electron chi connectivity index (χ2n) is 6.71. The molecule has 0 aliphatic rings. The summed E-state index contributed by atoms with van der Waals surface area (Å²) in [5.74, 6) is -3.92. The lowest BCUT2D eigenvalue weighted by Gasteiger charge is -2.18. The molecule has 0 saturated carbocycles. The number of ether oxygens (including phenoxy) is 1. The van der Waals surface area contributed by atoms with E-state index in [1.807, 2.05) is 0 Å². The molecule has 0 fully saturated rings. The van der Waals surface area contributed by atoms with Crippen molar-refractivity contribution in [2.45, 2.75) is 39.2 Å². The molecule has 0 radical (unpaired) electrons. The van der Waals surface area contributed by atoms with Gasteiger partial charge in [0.05, 0.1) is 6.04 Å². The fourth-order valence-corrected chi connectivity index (χ4v) is 2.43. The Morgan fingerprint density at radius 2 is 2.00 bits per heavy atom. The highest BCUT2D eigenvalue weighted by Crippen LogP contribution is 2.28. The zero-order valence-corrected chi connectivity index (χ0v) is 18.0. The number of carbonyl (C=O) groups is 2. The monoisotopic (exact) mass is 453 g/mol. The predicted octanol–water partition coefficient (Wildman–Crippen LogP) is 3.95. The molecule has 0 aliphatic heterocycles. The number of amides is 2. The highest BCUT2D eigenvalue weighted by molar-refractivity contribution is 6.31. The van der Waals surface area contributed by atoms with E-state index in [4.69, 9.17) is 16.3 Å². The first-order valence-electron chi connectivity index (χ1n) is 9.28. The number of pyridine rings is 1. The van der Waals surface area contributed by atoms with E-state index in [2.05, 4.69) is 32.2 Å². The molecule has 8 nitrogen and oxygen atoms in total. The fourth-order valence-electron chi connectivity index (χ4n) is 2.20. The topological polar surface area (TPSA) is 106 Å². The number of aromatic nitrogens is 3. The first kappa shape index (κ1) is 24.1. The van der Waals surface area contributed by atoms with Crippen LogP contribution in [0.3, 0.4) is 0 Å². The SMILES string of the molecule is C=C(C)C(F)(F)COc1ncc(C(C)NC(=O)c2cc(NC(=O)CC)ncn2)cc1Cl. The van der Waals surface area contributed by atoms with Crippen LogP contribution in [0.25, 0.3) is 0 Å². The van der Waals surface area contributed by atoms with Crippen molar-refractivity contribution in [3.63, 3.8) is 0 Å². The van der Waals surface area contributed by atoms with E-state index < -0.39 is 24.5 Å². The first-order valence-corrected chi connectivity index (χ1v) is 9.66. The van der Waals surface area contributed by atoms with Crippen LogP contribution in [0.5, 0.6) is 5.88 Å². The van der Waals surface area contributed by atoms with Gasteiger partial charge in [-0.2, -0.15) is 8.78 Å². The second kappa shape index (κ2) is 10.3. The lowest BCUT2D eigenvalue weighted by molar-refractivity contribution is -0.115. The molecule has 1 atom stereocenters. The van der Waals surface area contributed by atoms with Crippen LogP contribution in [-0.4, -0.2) is 39.3 Å². The Kier molecular flexibility index (Phi) is 7.98. The number of anilines is 1. The number of alkyl halides is 2. The molecule has 2 heterocycles. The maximum absolute atomic E-state index is 13.6. The average molecular weight is 454 g/mol. The van der Waals surface area contributed by atoms with Gasteiger partial charge in [0.15, 0.2) is 6.61 Å². The molecule has 2 aromatic rings. The zero-order valence-electron chi connectivity index (χ0n) is 17.2. The quantitative estimate of drug-likeness (QED) is 0.557. The number of hydrogen-bond donors (Lipinski definition) is 2. The number of hydrogen-bond acceptors (Lipinski definition) is 6. The molecule has 2 aromatic heterocycles. The van der Waals surface area contributed by atoms with Crippen LogP contribution in [0.4, 0.5) is 14.6 Å². The fraction of sp³-hybridized carbons (Fsp3) is 0.350. The van der Waals surface area contributed by atoms with Gasteiger partial charge in [-0.25, -0.2) is 15.0 Å². The van der Waals surface area contributed by atoms with Crippen LogP contribution in [0.2, 0.25) is 5.02 Å². The summed E-state index contributed by atoms with van der Waals surface area (Å²) in [5.41, 5.74) is 0.235. The van der Waals surface area contributed by atoms with Gasteiger partial charge in [-0.15, -0.1) is 0 Å². The molecule has 166 valence electrons. The Morgan fingerprint density at radius 1 is 1.29 bits per heavy atom. The number of rotatable bonds is 9. The van der Waals surface area contributed by atoms with Crippen molar-refractivity contribution in [1.29, 1.82) is 0 Å². The third kappa shape index (κ3) is 6.68. The largest absolute Gasteiger partial charge is 0.470 e. The molecule has 0 saturated heterocycles. The Morgan fingerprint density at radius 3 is 2.61 bits per heavy atom. The Hall–Kier alpha value is -3.14. The number of nitrogens with one attached hydrogen (secondary N) is 2. The molecule has 11 heteroatoms. The molecule has 2 N–H and O–H groups in total. The molecule has 0 aliphatic carbocycles. The maximum Gasteiger partial charge on any atom is 0.302 e. The van der Waals surface area contributed by atoms with Gasteiger partial charge in [0.25, 0.3) is 5.91 Å². The van der Waals surface area contributed by atoms with Gasteiger partial charge in [-0.1, -0.05) is 25.1 Å². The van der Waals surface area contributed by atoms with Gasteiger partial charge in [0, 0.05) is 18.7 Å². The number of halogens is 3. The standard InChI is InChI=1S/C20H22ClF2N5O3/c1-5-17(29)28-16-7-15(25-10-26-16)18(30)27-12(4)13-6-14(21)19(24-8-13)31-9-20(22,23)11(2)3/h6-8,10,12H,2,5,9H2,1,3-4H3,(H,27,30)(H,25,26,28,29). The van der Waals surface area contributed by atoms with Gasteiger partial charge in [-0.3, -0.25) is 9.59 Å². The average Bonchev–Trinajstić information content (AvgIpc) is 2.72. The third-order valence-corrected chi connectivity index (χ3v) is 4.45. The van der Waals surface area contributed by atoms with Crippen molar-refractivity contribution in [3.05, 3.63) is 53.1 Å². The van der Waals surface area contributed by atoms with Gasteiger partial charge >= 0.3 is 5.92 Å². The molecule has 2 amide bonds. The van der Waals surface area contributed by atoms with E-state index >= 15 is 0 Å². The highest BCUT2D eigenvalue weighted by atomic mass is 35.5. The second-order valence-corrected chi connectivity index (χ2v) is 7.12. The van der Waals surface area contributed by atoms with E-state index in [-0.39, 0.29) is 40.3 Å². The third-order valence-electron chi connectivity index (χ3n) is 4.18. The summed E-state index contributed by atoms with van der Waals surface area (Å²) in [6.07, 6.45) is 2.79. The summed E-state index contributed by atoms with van der Waals surface area (Å²) < 4.78 is 32.2. The summed E-state index contributed by atoms with van der Waals surface area (Å²) in [7, 11) is 0. The van der Waals surface area contributed by atoms with Crippen LogP contribution in [0, 0.1) is 0 Å². The van der Waals surface area contributed by atoms with Crippen molar-refractivity contribution in [2.24, 2.45) is 0 Å². The minimum absolute atomic E-state index is 0.0164. The van der Waals surface area contributed by atoms with E-state index in [9.17, 15) is 18.4 Å². The maximum atomic E-state index is 13.6. The van der Waals surface area contributed by atoms with E-state index in [0.717, 1.165) is 6.33 Å². The summed E-state index contributed by atoms with van der Waals surface area (Å²) in [6, 6.07) is 2.27. The van der Waals surface area contributed by atoms with Crippen LogP contribution in [0.15, 0.2) is 36.8 Å². The van der Waals surface area contributed by atoms with E-state index in [1.165, 1.54) is 25.3 Å². The Labute approximate surface area is 183 Å². The van der Waals surface area contributed by atoms with Crippen molar-refractivity contribution in [2.75, 3.05) is 11.9 Å². The van der Waals surface area contributed by atoms with Gasteiger partial charge in [0.2, 0.25) is 11.8 Å². The van der Waals surface area contributed by atoms with Gasteiger partial charge in [0.1, 0.15) is 22.9 Å². The summed E-state index contributed by atoms with van der Waals surface area (Å²) >= 11 is 6.09. The molecule has 0 aromatic carbocycles. The van der Waals surface area contributed by atoms with Crippen molar-refractivity contribution < 1.29 is 23.1 Å². The number of carbonyl (C=O) groups excluding carboxylic acids is 2. The summed E-state index contributed by atoms with van der Waals surface area (Å²) in [6.45, 7) is 6.85. The molecule has 31 heavy (non-hydrogen) atoms. The Balaban J connectivity index is 2.05. The van der Waals surface area contributed by atoms with E-state index in [0.29, 0.717) is 5.56 Å². The smallest absolute Gasteiger partial charge is 0.302 e. The van der Waals surface area contributed by atoms with Crippen LogP contribution in [-0.2, 0) is 4.79 Å². The lowest BCUT2D eigenvalue weighted by Crippen LogP contribution is -2.28. The molecule has 1 unspecified atom stereocenters. The van der Waals surface area contributed by atoms with Crippen molar-refractivity contribution in [1.82, 2.24) is 20.3 Å². The van der Waals surface area contributed by atoms with Gasteiger partial charge < -0.3 is 15.4 Å². The van der Waals surface area contributed by atoms with Crippen molar-refractivity contribution in [3.8, 4) is 5.88 Å². The predicted molar refractivity (Wildman–Crippen MR) is 111 cm³/mol. The minimum atomic E-state index is -3.21. The van der Waals surface area contributed by atoms with Crippen LogP contribution in [0.1, 0.15) is 49.3 Å². The van der Waals surface area contributed by atoms with Gasteiger partial charge in [-0.05, 0) is 31.1 Å². The highest BCUT2D eigenvalue weighted by Gasteiger charge is 2.31. The first-order chi connectivity index (χ1) is 14.5. The normalized spacial score (nSPS) is 12.1. The molecule has 0 spiro atoms. The Bertz CT molecular complexity index is 987. The van der Waals surface area contributed by atoms with Crippen molar-refractivity contribution >= 4 is 29.2 Å². The molecular formula is C20H22ClF2N5O3. The van der Waals surface area contributed by atoms with E-state index in [1.54, 1.807) is 13.8 Å². The summed E-state index contributed by atoms with van der Waals surface area (Å²) in [4.78, 5) is 35.7. The van der Waals surface area contributed by atoms with Crippen LogP contribution < -0.4 is 15.4 Å². The zero-order chi connectivity index (χ0) is 23.2. The summed E-state index contributed by atoms with van der Waals surface area (Å²) in [5, 5.41) is 5.27.